The predicted molar refractivity (Wildman–Crippen MR) is 158 cm³/mol. The van der Waals surface area contributed by atoms with Gasteiger partial charge in [0.1, 0.15) is 0 Å². The highest BCUT2D eigenvalue weighted by atomic mass is 32.1. The fourth-order valence-corrected chi connectivity index (χ4v) is 5.95. The number of esters is 1. The molecule has 1 N–H and O–H groups in total. The van der Waals surface area contributed by atoms with E-state index in [9.17, 15) is 9.59 Å². The largest absolute Gasteiger partial charge is 0.465 e. The fraction of sp³-hybridized carbons (Fsp3) is 0.516. The van der Waals surface area contributed by atoms with Crippen molar-refractivity contribution in [1.82, 2.24) is 4.57 Å². The summed E-state index contributed by atoms with van der Waals surface area (Å²) in [6.45, 7) is 14.3. The summed E-state index contributed by atoms with van der Waals surface area (Å²) in [7, 11) is 1.39. The van der Waals surface area contributed by atoms with Gasteiger partial charge in [-0.05, 0) is 72.4 Å². The van der Waals surface area contributed by atoms with Gasteiger partial charge in [0.25, 0.3) is 0 Å². The lowest BCUT2D eigenvalue weighted by atomic mass is 9.83. The molecular weight excluding hydrogens is 494 g/mol. The second-order valence-corrected chi connectivity index (χ2v) is 12.5. The Hall–Kier alpha value is -2.93. The van der Waals surface area contributed by atoms with Crippen molar-refractivity contribution >= 4 is 39.1 Å². The summed E-state index contributed by atoms with van der Waals surface area (Å²) >= 11 is 1.66. The Morgan fingerprint density at radius 2 is 1.87 bits per heavy atom. The molecule has 1 unspecified atom stereocenters. The van der Waals surface area contributed by atoms with Crippen LogP contribution in [0.15, 0.2) is 41.4 Å². The number of carbonyl (C=O) groups is 2. The summed E-state index contributed by atoms with van der Waals surface area (Å²) in [5.74, 6) is 0.186. The van der Waals surface area contributed by atoms with Gasteiger partial charge in [-0.25, -0.2) is 4.79 Å². The van der Waals surface area contributed by atoms with Crippen molar-refractivity contribution < 1.29 is 14.3 Å². The number of aryl methyl sites for hydroxylation is 1. The molecule has 1 heterocycles. The van der Waals surface area contributed by atoms with Crippen LogP contribution in [0.4, 0.5) is 5.69 Å². The molecule has 1 aromatic heterocycles. The average Bonchev–Trinajstić information content (AvgIpc) is 3.17. The third-order valence-electron chi connectivity index (χ3n) is 6.56. The Balaban J connectivity index is 2.04. The normalized spacial score (nSPS) is 13.1. The van der Waals surface area contributed by atoms with E-state index in [-0.39, 0.29) is 11.9 Å². The van der Waals surface area contributed by atoms with Crippen LogP contribution < -0.4 is 10.1 Å². The summed E-state index contributed by atoms with van der Waals surface area (Å²) in [5.41, 5.74) is 5.08. The SMILES string of the molecule is CCCCN=c1sc2cc(NC(C)=O)c(CCC(C)CC(C)(C)C)cc2n1Cc1ccc(C(=O)OC)cc1. The Morgan fingerprint density at radius 3 is 2.47 bits per heavy atom. The monoisotopic (exact) mass is 537 g/mol. The van der Waals surface area contributed by atoms with Crippen molar-refractivity contribution in [2.24, 2.45) is 16.3 Å². The highest BCUT2D eigenvalue weighted by Crippen LogP contribution is 2.31. The number of benzene rings is 2. The summed E-state index contributed by atoms with van der Waals surface area (Å²) in [5, 5.41) is 3.07. The van der Waals surface area contributed by atoms with Crippen LogP contribution in [0.25, 0.3) is 10.2 Å². The minimum absolute atomic E-state index is 0.0590. The van der Waals surface area contributed by atoms with Gasteiger partial charge in [0, 0.05) is 19.2 Å². The molecule has 0 saturated heterocycles. The van der Waals surface area contributed by atoms with Gasteiger partial charge < -0.3 is 14.6 Å². The maximum Gasteiger partial charge on any atom is 0.337 e. The van der Waals surface area contributed by atoms with Crippen LogP contribution in [0.2, 0.25) is 0 Å². The van der Waals surface area contributed by atoms with E-state index in [0.717, 1.165) is 70.5 Å². The molecule has 0 aliphatic rings. The van der Waals surface area contributed by atoms with E-state index in [2.05, 4.69) is 56.6 Å². The van der Waals surface area contributed by atoms with Crippen LogP contribution in [0.3, 0.4) is 0 Å². The van der Waals surface area contributed by atoms with Crippen molar-refractivity contribution in [3.8, 4) is 0 Å². The Bertz CT molecular complexity index is 1310. The van der Waals surface area contributed by atoms with E-state index in [0.29, 0.717) is 23.4 Å². The van der Waals surface area contributed by atoms with E-state index in [4.69, 9.17) is 9.73 Å². The minimum atomic E-state index is -0.337. The van der Waals surface area contributed by atoms with E-state index in [1.807, 2.05) is 12.1 Å². The van der Waals surface area contributed by atoms with Crippen molar-refractivity contribution in [1.29, 1.82) is 0 Å². The van der Waals surface area contributed by atoms with Crippen molar-refractivity contribution in [3.05, 3.63) is 57.9 Å². The molecular formula is C31H43N3O3S. The predicted octanol–water partition coefficient (Wildman–Crippen LogP) is 7.20. The number of anilines is 1. The molecule has 0 fully saturated rings. The maximum atomic E-state index is 12.0. The van der Waals surface area contributed by atoms with E-state index >= 15 is 0 Å². The van der Waals surface area contributed by atoms with Gasteiger partial charge >= 0.3 is 5.97 Å². The molecule has 1 amide bonds. The number of ether oxygens (including phenoxy) is 1. The molecule has 0 saturated carbocycles. The number of nitrogens with zero attached hydrogens (tertiary/aromatic N) is 2. The minimum Gasteiger partial charge on any atom is -0.465 e. The molecule has 0 radical (unpaired) electrons. The second-order valence-electron chi connectivity index (χ2n) is 11.5. The zero-order chi connectivity index (χ0) is 27.9. The molecule has 206 valence electrons. The summed E-state index contributed by atoms with van der Waals surface area (Å²) in [6.07, 6.45) is 5.24. The molecule has 0 aliphatic carbocycles. The molecule has 7 heteroatoms. The number of amides is 1. The molecule has 6 nitrogen and oxygen atoms in total. The van der Waals surface area contributed by atoms with Crippen LogP contribution in [0.5, 0.6) is 0 Å². The van der Waals surface area contributed by atoms with Crippen molar-refractivity contribution in [3.63, 3.8) is 0 Å². The Morgan fingerprint density at radius 1 is 1.16 bits per heavy atom. The number of rotatable bonds is 11. The summed E-state index contributed by atoms with van der Waals surface area (Å²) < 4.78 is 8.21. The van der Waals surface area contributed by atoms with E-state index < -0.39 is 0 Å². The van der Waals surface area contributed by atoms with Crippen LogP contribution in [0, 0.1) is 11.3 Å². The Labute approximate surface area is 231 Å². The zero-order valence-electron chi connectivity index (χ0n) is 24.0. The molecule has 1 atom stereocenters. The molecule has 0 bridgehead atoms. The van der Waals surface area contributed by atoms with Crippen LogP contribution >= 0.6 is 11.3 Å². The number of hydrogen-bond donors (Lipinski definition) is 1. The van der Waals surface area contributed by atoms with Gasteiger partial charge in [-0.1, -0.05) is 64.5 Å². The van der Waals surface area contributed by atoms with Crippen molar-refractivity contribution in [2.75, 3.05) is 19.0 Å². The van der Waals surface area contributed by atoms with Crippen LogP contribution in [-0.2, 0) is 22.5 Å². The van der Waals surface area contributed by atoms with Gasteiger partial charge in [0.2, 0.25) is 5.91 Å². The van der Waals surface area contributed by atoms with Gasteiger partial charge in [-0.3, -0.25) is 9.79 Å². The molecule has 3 rings (SSSR count). The summed E-state index contributed by atoms with van der Waals surface area (Å²) in [6, 6.07) is 11.9. The van der Waals surface area contributed by atoms with Crippen molar-refractivity contribution in [2.45, 2.75) is 80.2 Å². The zero-order valence-corrected chi connectivity index (χ0v) is 24.8. The lowest BCUT2D eigenvalue weighted by Gasteiger charge is -2.23. The van der Waals surface area contributed by atoms with Gasteiger partial charge in [-0.15, -0.1) is 0 Å². The van der Waals surface area contributed by atoms with Gasteiger partial charge in [0.15, 0.2) is 4.80 Å². The lowest BCUT2D eigenvalue weighted by Crippen LogP contribution is -2.17. The van der Waals surface area contributed by atoms with E-state index in [1.165, 1.54) is 7.11 Å². The topological polar surface area (TPSA) is 72.7 Å². The number of methoxy groups -OCH3 is 1. The van der Waals surface area contributed by atoms with E-state index in [1.54, 1.807) is 30.4 Å². The molecule has 0 spiro atoms. The molecule has 2 aromatic carbocycles. The maximum absolute atomic E-state index is 12.0. The molecule has 0 aliphatic heterocycles. The highest BCUT2D eigenvalue weighted by molar-refractivity contribution is 7.16. The Kier molecular flexibility index (Phi) is 10.3. The lowest BCUT2D eigenvalue weighted by molar-refractivity contribution is -0.114. The third kappa shape index (κ3) is 8.29. The molecule has 38 heavy (non-hydrogen) atoms. The first-order chi connectivity index (χ1) is 18.0. The number of thiazole rings is 1. The number of nitrogens with one attached hydrogen (secondary N) is 1. The number of hydrogen-bond acceptors (Lipinski definition) is 5. The molecule has 3 aromatic rings. The van der Waals surface area contributed by atoms with Gasteiger partial charge in [-0.2, -0.15) is 0 Å². The number of carbonyl (C=O) groups excluding carboxylic acids is 2. The first-order valence-electron chi connectivity index (χ1n) is 13.6. The first-order valence-corrected chi connectivity index (χ1v) is 14.4. The standard InChI is InChI=1S/C31H43N3O3S/c1-8-9-16-32-30-34(20-23-11-14-24(15-12-23)29(36)37-7)27-17-25(13-10-21(2)19-31(4,5)6)26(33-22(3)35)18-28(27)38-30/h11-12,14-15,17-18,21H,8-10,13,16,19-20H2,1-7H3,(H,33,35). The fourth-order valence-electron chi connectivity index (χ4n) is 4.87. The third-order valence-corrected chi connectivity index (χ3v) is 7.64. The number of fused-ring (bicyclic) bond motifs is 1. The quantitative estimate of drug-likeness (QED) is 0.208. The highest BCUT2D eigenvalue weighted by Gasteiger charge is 2.18. The number of unbranched alkanes of at least 4 members (excludes halogenated alkanes) is 1. The van der Waals surface area contributed by atoms with Gasteiger partial charge in [0.05, 0.1) is 29.4 Å². The smallest absolute Gasteiger partial charge is 0.337 e. The number of aromatic nitrogens is 1. The van der Waals surface area contributed by atoms with Crippen LogP contribution in [-0.4, -0.2) is 30.1 Å². The average molecular weight is 538 g/mol. The van der Waals surface area contributed by atoms with Crippen LogP contribution in [0.1, 0.15) is 88.7 Å². The summed E-state index contributed by atoms with van der Waals surface area (Å²) in [4.78, 5) is 29.8. The first kappa shape index (κ1) is 29.6. The second kappa shape index (κ2) is 13.2.